The molecule has 0 bridgehead atoms. The highest BCUT2D eigenvalue weighted by atomic mass is 32.2. The number of nitrogens with zero attached hydrogens (tertiary/aromatic N) is 3. The van der Waals surface area contributed by atoms with Gasteiger partial charge in [0, 0.05) is 28.6 Å². The molecule has 2 aromatic carbocycles. The van der Waals surface area contributed by atoms with E-state index in [-0.39, 0.29) is 33.6 Å². The third-order valence-electron chi connectivity index (χ3n) is 5.02. The van der Waals surface area contributed by atoms with Gasteiger partial charge in [-0.3, -0.25) is 14.9 Å². The lowest BCUT2D eigenvalue weighted by Crippen LogP contribution is -2.37. The standard InChI is InChI=1S/C19H14F3N3O5S2/c20-19(21,22)12-4-2-5-13(8-12)24-15-9-32(29,30)10-16(15)31-18(24)23-17(26)11-3-1-6-14(7-11)25(27)28/h1-8,15-16H,9-10H2/t15-,16-/m0/s1. The molecule has 32 heavy (non-hydrogen) atoms. The Kier molecular flexibility index (Phi) is 5.49. The van der Waals surface area contributed by atoms with E-state index in [1.165, 1.54) is 35.2 Å². The fourth-order valence-corrected chi connectivity index (χ4v) is 7.51. The highest BCUT2D eigenvalue weighted by Crippen LogP contribution is 2.42. The van der Waals surface area contributed by atoms with Gasteiger partial charge >= 0.3 is 6.18 Å². The van der Waals surface area contributed by atoms with E-state index in [1.807, 2.05) is 0 Å². The number of fused-ring (bicyclic) bond motifs is 1. The molecule has 0 radical (unpaired) electrons. The van der Waals surface area contributed by atoms with Crippen molar-refractivity contribution in [2.24, 2.45) is 4.99 Å². The van der Waals surface area contributed by atoms with Crippen LogP contribution in [0.1, 0.15) is 15.9 Å². The van der Waals surface area contributed by atoms with Crippen molar-refractivity contribution in [1.82, 2.24) is 0 Å². The molecule has 0 spiro atoms. The summed E-state index contributed by atoms with van der Waals surface area (Å²) in [6, 6.07) is 8.56. The number of alkyl halides is 3. The molecule has 8 nitrogen and oxygen atoms in total. The van der Waals surface area contributed by atoms with E-state index in [0.717, 1.165) is 30.0 Å². The minimum absolute atomic E-state index is 0.0470. The lowest BCUT2D eigenvalue weighted by atomic mass is 10.1. The Balaban J connectivity index is 1.75. The number of nitro groups is 1. The van der Waals surface area contributed by atoms with Crippen LogP contribution in [0.3, 0.4) is 0 Å². The molecule has 0 aromatic heterocycles. The minimum Gasteiger partial charge on any atom is -0.316 e. The van der Waals surface area contributed by atoms with Crippen molar-refractivity contribution in [2.45, 2.75) is 17.5 Å². The molecule has 13 heteroatoms. The van der Waals surface area contributed by atoms with Crippen molar-refractivity contribution in [2.75, 3.05) is 16.4 Å². The lowest BCUT2D eigenvalue weighted by Gasteiger charge is -2.25. The number of sulfone groups is 1. The zero-order valence-electron chi connectivity index (χ0n) is 16.0. The van der Waals surface area contributed by atoms with Crippen molar-refractivity contribution < 1.29 is 31.3 Å². The van der Waals surface area contributed by atoms with Gasteiger partial charge < -0.3 is 4.90 Å². The minimum atomic E-state index is -4.61. The van der Waals surface area contributed by atoms with Crippen LogP contribution >= 0.6 is 11.8 Å². The largest absolute Gasteiger partial charge is 0.416 e. The van der Waals surface area contributed by atoms with Crippen LogP contribution < -0.4 is 4.90 Å². The SMILES string of the molecule is O=C(N=C1S[C@H]2CS(=O)(=O)C[C@@H]2N1c1cccc(C(F)(F)F)c1)c1cccc([N+](=O)[O-])c1. The molecule has 2 aliphatic rings. The number of amidine groups is 1. The number of anilines is 1. The molecule has 2 fully saturated rings. The molecule has 2 heterocycles. The molecule has 4 rings (SSSR count). The number of halogens is 3. The monoisotopic (exact) mass is 485 g/mol. The van der Waals surface area contributed by atoms with Crippen LogP contribution in [0, 0.1) is 10.1 Å². The van der Waals surface area contributed by atoms with Crippen LogP contribution in [0.5, 0.6) is 0 Å². The quantitative estimate of drug-likeness (QED) is 0.483. The molecule has 2 aliphatic heterocycles. The summed E-state index contributed by atoms with van der Waals surface area (Å²) < 4.78 is 63.9. The van der Waals surface area contributed by atoms with Crippen LogP contribution in [0.4, 0.5) is 24.5 Å². The van der Waals surface area contributed by atoms with Crippen molar-refractivity contribution in [3.8, 4) is 0 Å². The molecule has 0 aliphatic carbocycles. The highest BCUT2D eigenvalue weighted by molar-refractivity contribution is 8.16. The maximum atomic E-state index is 13.2. The maximum absolute atomic E-state index is 13.2. The fourth-order valence-electron chi connectivity index (χ4n) is 3.60. The lowest BCUT2D eigenvalue weighted by molar-refractivity contribution is -0.384. The topological polar surface area (TPSA) is 110 Å². The molecular formula is C19H14F3N3O5S2. The first kappa shape index (κ1) is 22.3. The second-order valence-electron chi connectivity index (χ2n) is 7.23. The van der Waals surface area contributed by atoms with Crippen molar-refractivity contribution >= 4 is 44.0 Å². The number of hydrogen-bond acceptors (Lipinski definition) is 6. The zero-order valence-corrected chi connectivity index (χ0v) is 17.7. The number of nitro benzene ring substituents is 1. The first-order valence-electron chi connectivity index (χ1n) is 9.16. The van der Waals surface area contributed by atoms with Crippen LogP contribution in [0.25, 0.3) is 0 Å². The van der Waals surface area contributed by atoms with E-state index >= 15 is 0 Å². The molecule has 0 N–H and O–H groups in total. The molecule has 0 unspecified atom stereocenters. The van der Waals surface area contributed by atoms with Crippen molar-refractivity contribution in [3.63, 3.8) is 0 Å². The van der Waals surface area contributed by atoms with Crippen molar-refractivity contribution in [1.29, 1.82) is 0 Å². The third-order valence-corrected chi connectivity index (χ3v) is 8.23. The molecule has 2 atom stereocenters. The molecule has 2 aromatic rings. The highest BCUT2D eigenvalue weighted by Gasteiger charge is 2.49. The Hall–Kier alpha value is -2.93. The molecule has 0 saturated carbocycles. The first-order chi connectivity index (χ1) is 14.9. The summed E-state index contributed by atoms with van der Waals surface area (Å²) in [6.07, 6.45) is -4.61. The fraction of sp³-hybridized carbons (Fsp3) is 0.263. The van der Waals surface area contributed by atoms with Crippen LogP contribution in [0.15, 0.2) is 53.5 Å². The number of carbonyl (C=O) groups excluding carboxylic acids is 1. The Labute approximate surface area is 184 Å². The first-order valence-corrected chi connectivity index (χ1v) is 11.9. The predicted octanol–water partition coefficient (Wildman–Crippen LogP) is 3.53. The number of non-ortho nitro benzene ring substituents is 1. The number of carbonyl (C=O) groups is 1. The van der Waals surface area contributed by atoms with Crippen molar-refractivity contribution in [3.05, 3.63) is 69.8 Å². The third kappa shape index (κ3) is 4.35. The van der Waals surface area contributed by atoms with E-state index in [4.69, 9.17) is 0 Å². The average Bonchev–Trinajstić information content (AvgIpc) is 3.18. The Bertz CT molecular complexity index is 1250. The van der Waals surface area contributed by atoms with Gasteiger partial charge in [0.2, 0.25) is 0 Å². The van der Waals surface area contributed by atoms with E-state index in [1.54, 1.807) is 0 Å². The average molecular weight is 485 g/mol. The normalized spacial score (nSPS) is 23.3. The zero-order chi connectivity index (χ0) is 23.3. The molecular weight excluding hydrogens is 471 g/mol. The van der Waals surface area contributed by atoms with E-state index in [0.29, 0.717) is 0 Å². The summed E-state index contributed by atoms with van der Waals surface area (Å²) in [4.78, 5) is 28.3. The number of benzene rings is 2. The van der Waals surface area contributed by atoms with Gasteiger partial charge in [-0.1, -0.05) is 23.9 Å². The van der Waals surface area contributed by atoms with Gasteiger partial charge in [-0.05, 0) is 24.3 Å². The van der Waals surface area contributed by atoms with Gasteiger partial charge in [0.15, 0.2) is 15.0 Å². The predicted molar refractivity (Wildman–Crippen MR) is 113 cm³/mol. The van der Waals surface area contributed by atoms with Crippen LogP contribution in [-0.4, -0.2) is 47.2 Å². The van der Waals surface area contributed by atoms with Crippen LogP contribution in [0.2, 0.25) is 0 Å². The number of amides is 1. The Morgan fingerprint density at radius 1 is 1.16 bits per heavy atom. The number of hydrogen-bond donors (Lipinski definition) is 0. The van der Waals surface area contributed by atoms with E-state index in [2.05, 4.69) is 4.99 Å². The summed E-state index contributed by atoms with van der Waals surface area (Å²) in [5.41, 5.74) is -1.25. The summed E-state index contributed by atoms with van der Waals surface area (Å²) in [5.74, 6) is -1.30. The Morgan fingerprint density at radius 3 is 2.56 bits per heavy atom. The van der Waals surface area contributed by atoms with Crippen LogP contribution in [-0.2, 0) is 16.0 Å². The van der Waals surface area contributed by atoms with E-state index < -0.39 is 43.7 Å². The molecule has 2 saturated heterocycles. The van der Waals surface area contributed by atoms with Gasteiger partial charge in [-0.2, -0.15) is 18.2 Å². The summed E-state index contributed by atoms with van der Waals surface area (Å²) in [7, 11) is -3.40. The number of aliphatic imine (C=N–C) groups is 1. The second kappa shape index (κ2) is 7.89. The van der Waals surface area contributed by atoms with Gasteiger partial charge in [-0.15, -0.1) is 0 Å². The maximum Gasteiger partial charge on any atom is 0.416 e. The summed E-state index contributed by atoms with van der Waals surface area (Å²) in [6.45, 7) is 0. The number of thioether (sulfide) groups is 1. The van der Waals surface area contributed by atoms with Gasteiger partial charge in [0.25, 0.3) is 11.6 Å². The smallest absolute Gasteiger partial charge is 0.316 e. The Morgan fingerprint density at radius 2 is 1.88 bits per heavy atom. The van der Waals surface area contributed by atoms with Gasteiger partial charge in [0.1, 0.15) is 0 Å². The molecule has 1 amide bonds. The van der Waals surface area contributed by atoms with E-state index in [9.17, 15) is 36.5 Å². The van der Waals surface area contributed by atoms with Gasteiger partial charge in [0.05, 0.1) is 28.0 Å². The number of rotatable bonds is 3. The van der Waals surface area contributed by atoms with Gasteiger partial charge in [-0.25, -0.2) is 8.42 Å². The summed E-state index contributed by atoms with van der Waals surface area (Å²) in [5, 5.41) is 10.5. The summed E-state index contributed by atoms with van der Waals surface area (Å²) >= 11 is 0.994. The molecule has 168 valence electrons. The second-order valence-corrected chi connectivity index (χ2v) is 10.6.